The van der Waals surface area contributed by atoms with E-state index in [9.17, 15) is 0 Å². The second-order valence-electron chi connectivity index (χ2n) is 2.34. The SMILES string of the molecule is COc1nsc(OCCC#CI)c1C#N. The third-order valence-electron chi connectivity index (χ3n) is 1.46. The highest BCUT2D eigenvalue weighted by molar-refractivity contribution is 14.1. The van der Waals surface area contributed by atoms with Crippen molar-refractivity contribution in [2.45, 2.75) is 6.42 Å². The molecule has 0 spiro atoms. The standard InChI is InChI=1S/C9H7IN2O2S/c1-13-8-7(6-11)9(15-12-8)14-5-3-2-4-10/h3,5H2,1H3. The molecule has 78 valence electrons. The monoisotopic (exact) mass is 334 g/mol. The van der Waals surface area contributed by atoms with Crippen molar-refractivity contribution in [3.8, 4) is 26.9 Å². The van der Waals surface area contributed by atoms with Crippen molar-refractivity contribution in [1.82, 2.24) is 4.37 Å². The Morgan fingerprint density at radius 1 is 1.60 bits per heavy atom. The van der Waals surface area contributed by atoms with Crippen LogP contribution in [0, 0.1) is 21.2 Å². The summed E-state index contributed by atoms with van der Waals surface area (Å²) in [6.07, 6.45) is 0.633. The minimum atomic E-state index is 0.317. The number of nitrogens with zero attached hydrogens (tertiary/aromatic N) is 2. The number of rotatable bonds is 4. The number of aromatic nitrogens is 1. The molecule has 0 N–H and O–H groups in total. The van der Waals surface area contributed by atoms with E-state index in [1.54, 1.807) is 0 Å². The van der Waals surface area contributed by atoms with E-state index < -0.39 is 0 Å². The van der Waals surface area contributed by atoms with Crippen LogP contribution in [0.1, 0.15) is 12.0 Å². The molecule has 1 aromatic heterocycles. The maximum absolute atomic E-state index is 8.85. The van der Waals surface area contributed by atoms with Crippen LogP contribution < -0.4 is 9.47 Å². The molecule has 1 rings (SSSR count). The number of hydrogen-bond acceptors (Lipinski definition) is 5. The molecular formula is C9H7IN2O2S. The van der Waals surface area contributed by atoms with Crippen LogP contribution in [-0.4, -0.2) is 18.1 Å². The highest BCUT2D eigenvalue weighted by atomic mass is 127. The van der Waals surface area contributed by atoms with Gasteiger partial charge in [0.1, 0.15) is 12.7 Å². The van der Waals surface area contributed by atoms with Crippen molar-refractivity contribution in [1.29, 1.82) is 5.26 Å². The van der Waals surface area contributed by atoms with Gasteiger partial charge in [-0.2, -0.15) is 9.64 Å². The average Bonchev–Trinajstić information content (AvgIpc) is 2.66. The van der Waals surface area contributed by atoms with Crippen molar-refractivity contribution in [3.63, 3.8) is 0 Å². The Kier molecular flexibility index (Phi) is 5.22. The lowest BCUT2D eigenvalue weighted by molar-refractivity contribution is 0.333. The molecule has 6 heteroatoms. The van der Waals surface area contributed by atoms with Crippen LogP contribution >= 0.6 is 34.1 Å². The third kappa shape index (κ3) is 3.26. The van der Waals surface area contributed by atoms with Gasteiger partial charge in [-0.3, -0.25) is 0 Å². The van der Waals surface area contributed by atoms with Crippen molar-refractivity contribution in [2.24, 2.45) is 0 Å². The predicted molar refractivity (Wildman–Crippen MR) is 65.3 cm³/mol. The molecule has 4 nitrogen and oxygen atoms in total. The lowest BCUT2D eigenvalue weighted by Crippen LogP contribution is -1.95. The maximum atomic E-state index is 8.85. The number of ether oxygens (including phenoxy) is 2. The van der Waals surface area contributed by atoms with Crippen molar-refractivity contribution < 1.29 is 9.47 Å². The van der Waals surface area contributed by atoms with Gasteiger partial charge in [0.15, 0.2) is 5.56 Å². The first-order valence-corrected chi connectivity index (χ1v) is 5.83. The van der Waals surface area contributed by atoms with Crippen LogP contribution in [0.25, 0.3) is 0 Å². The summed E-state index contributed by atoms with van der Waals surface area (Å²) < 4.78 is 16.9. The Morgan fingerprint density at radius 2 is 2.40 bits per heavy atom. The second kappa shape index (κ2) is 6.49. The summed E-state index contributed by atoms with van der Waals surface area (Å²) >= 11 is 3.08. The largest absolute Gasteiger partial charge is 0.481 e. The van der Waals surface area contributed by atoms with Gasteiger partial charge < -0.3 is 9.47 Å². The quantitative estimate of drug-likeness (QED) is 0.481. The Morgan fingerprint density at radius 3 is 3.00 bits per heavy atom. The van der Waals surface area contributed by atoms with Crippen molar-refractivity contribution in [2.75, 3.05) is 13.7 Å². The van der Waals surface area contributed by atoms with E-state index in [-0.39, 0.29) is 0 Å². The van der Waals surface area contributed by atoms with Crippen molar-refractivity contribution >= 4 is 34.1 Å². The molecule has 0 saturated heterocycles. The molecule has 15 heavy (non-hydrogen) atoms. The van der Waals surface area contributed by atoms with E-state index in [1.807, 2.05) is 28.7 Å². The van der Waals surface area contributed by atoms with E-state index in [0.717, 1.165) is 11.5 Å². The molecule has 0 aliphatic carbocycles. The Hall–Kier alpha value is -0.990. The third-order valence-corrected chi connectivity index (χ3v) is 2.59. The van der Waals surface area contributed by atoms with Gasteiger partial charge in [-0.15, -0.1) is 0 Å². The molecule has 0 aromatic carbocycles. The molecule has 0 aliphatic rings. The van der Waals surface area contributed by atoms with E-state index in [2.05, 4.69) is 14.2 Å². The molecule has 0 atom stereocenters. The van der Waals surface area contributed by atoms with Gasteiger partial charge in [-0.1, -0.05) is 5.92 Å². The van der Waals surface area contributed by atoms with Crippen LogP contribution in [0.4, 0.5) is 0 Å². The van der Waals surface area contributed by atoms with Gasteiger partial charge in [0, 0.05) is 40.5 Å². The zero-order valence-electron chi connectivity index (χ0n) is 7.91. The predicted octanol–water partition coefficient (Wildman–Crippen LogP) is 2.19. The summed E-state index contributed by atoms with van der Waals surface area (Å²) in [5.74, 6) is 3.18. The Labute approximate surface area is 106 Å². The highest BCUT2D eigenvalue weighted by Gasteiger charge is 2.14. The smallest absolute Gasteiger partial charge is 0.247 e. The first kappa shape index (κ1) is 12.1. The van der Waals surface area contributed by atoms with Crippen LogP contribution in [0.3, 0.4) is 0 Å². The van der Waals surface area contributed by atoms with Gasteiger partial charge in [-0.05, 0) is 3.93 Å². The van der Waals surface area contributed by atoms with E-state index >= 15 is 0 Å². The number of methoxy groups -OCH3 is 1. The summed E-state index contributed by atoms with van der Waals surface area (Å²) in [4.78, 5) is 0. The molecule has 0 amide bonds. The molecule has 0 fully saturated rings. The van der Waals surface area contributed by atoms with Gasteiger partial charge in [-0.25, -0.2) is 0 Å². The molecule has 1 heterocycles. The first-order chi connectivity index (χ1) is 7.33. The average molecular weight is 334 g/mol. The van der Waals surface area contributed by atoms with Gasteiger partial charge in [0.25, 0.3) is 0 Å². The zero-order chi connectivity index (χ0) is 11.1. The molecule has 1 aromatic rings. The topological polar surface area (TPSA) is 55.1 Å². The second-order valence-corrected chi connectivity index (χ2v) is 3.61. The highest BCUT2D eigenvalue weighted by Crippen LogP contribution is 2.31. The summed E-state index contributed by atoms with van der Waals surface area (Å²) in [7, 11) is 1.47. The maximum Gasteiger partial charge on any atom is 0.247 e. The normalized spacial score (nSPS) is 8.60. The van der Waals surface area contributed by atoms with E-state index in [1.165, 1.54) is 7.11 Å². The van der Waals surface area contributed by atoms with Crippen molar-refractivity contribution in [3.05, 3.63) is 5.56 Å². The fourth-order valence-electron chi connectivity index (χ4n) is 0.835. The molecular weight excluding hydrogens is 327 g/mol. The Bertz CT molecular complexity index is 428. The van der Waals surface area contributed by atoms with E-state index in [4.69, 9.17) is 14.7 Å². The fraction of sp³-hybridized carbons (Fsp3) is 0.333. The van der Waals surface area contributed by atoms with Crippen LogP contribution in [-0.2, 0) is 0 Å². The van der Waals surface area contributed by atoms with Gasteiger partial charge in [0.2, 0.25) is 10.9 Å². The number of hydrogen-bond donors (Lipinski definition) is 0. The first-order valence-electron chi connectivity index (χ1n) is 3.98. The number of nitriles is 1. The summed E-state index contributed by atoms with van der Waals surface area (Å²) in [5, 5.41) is 9.34. The van der Waals surface area contributed by atoms with Crippen LogP contribution in [0.5, 0.6) is 10.9 Å². The van der Waals surface area contributed by atoms with Crippen LogP contribution in [0.15, 0.2) is 0 Å². The van der Waals surface area contributed by atoms with Gasteiger partial charge in [0.05, 0.1) is 7.11 Å². The molecule has 0 saturated carbocycles. The minimum absolute atomic E-state index is 0.317. The Balaban J connectivity index is 2.64. The zero-order valence-corrected chi connectivity index (χ0v) is 10.9. The van der Waals surface area contributed by atoms with E-state index in [0.29, 0.717) is 29.5 Å². The summed E-state index contributed by atoms with van der Waals surface area (Å²) in [5.41, 5.74) is 0.352. The van der Waals surface area contributed by atoms with Crippen LogP contribution in [0.2, 0.25) is 0 Å². The summed E-state index contributed by atoms with van der Waals surface area (Å²) in [6.45, 7) is 0.454. The molecule has 0 aliphatic heterocycles. The lowest BCUT2D eigenvalue weighted by Gasteiger charge is -1.99. The minimum Gasteiger partial charge on any atom is -0.481 e. The lowest BCUT2D eigenvalue weighted by atomic mass is 10.4. The number of halogens is 1. The molecule has 0 bridgehead atoms. The molecule has 0 unspecified atom stereocenters. The molecule has 0 radical (unpaired) electrons. The van der Waals surface area contributed by atoms with Gasteiger partial charge >= 0.3 is 0 Å². The summed E-state index contributed by atoms with van der Waals surface area (Å²) in [6, 6.07) is 2.00. The fourth-order valence-corrected chi connectivity index (χ4v) is 1.80.